The van der Waals surface area contributed by atoms with Gasteiger partial charge in [0.1, 0.15) is 24.7 Å². The topological polar surface area (TPSA) is 99.6 Å². The second-order valence-corrected chi connectivity index (χ2v) is 7.58. The molecule has 0 spiro atoms. The third-order valence-electron chi connectivity index (χ3n) is 4.10. The molecule has 9 heteroatoms. The molecule has 2 heterocycles. The van der Waals surface area contributed by atoms with Crippen molar-refractivity contribution in [3.8, 4) is 28.5 Å². The molecular formula is C19H17N3O5S. The molecule has 0 fully saturated rings. The lowest BCUT2D eigenvalue weighted by molar-refractivity contribution is 0.171. The Bertz CT molecular complexity index is 1120. The minimum Gasteiger partial charge on any atom is -0.497 e. The minimum absolute atomic E-state index is 0.0407. The molecule has 0 aliphatic carbocycles. The number of nitrogens with one attached hydrogen (secondary N) is 1. The van der Waals surface area contributed by atoms with Crippen molar-refractivity contribution in [2.24, 2.45) is 0 Å². The molecule has 2 aromatic carbocycles. The first-order chi connectivity index (χ1) is 13.6. The van der Waals surface area contributed by atoms with Crippen LogP contribution in [0.2, 0.25) is 0 Å². The van der Waals surface area contributed by atoms with Crippen LogP contribution < -0.4 is 18.9 Å². The number of anilines is 1. The van der Waals surface area contributed by atoms with Crippen LogP contribution in [0.4, 0.5) is 5.82 Å². The number of hydrogen-bond acceptors (Lipinski definition) is 7. The molecular weight excluding hydrogens is 382 g/mol. The Hall–Kier alpha value is -3.33. The molecule has 28 heavy (non-hydrogen) atoms. The first-order valence-electron chi connectivity index (χ1n) is 8.45. The predicted molar refractivity (Wildman–Crippen MR) is 102 cm³/mol. The third-order valence-corrected chi connectivity index (χ3v) is 5.43. The number of fused-ring (bicyclic) bond motifs is 1. The van der Waals surface area contributed by atoms with Gasteiger partial charge in [-0.25, -0.2) is 13.4 Å². The van der Waals surface area contributed by atoms with Crippen molar-refractivity contribution in [3.05, 3.63) is 54.9 Å². The fourth-order valence-corrected chi connectivity index (χ4v) is 3.80. The lowest BCUT2D eigenvalue weighted by Gasteiger charge is -2.19. The van der Waals surface area contributed by atoms with E-state index in [1.165, 1.54) is 24.5 Å². The molecule has 1 aliphatic rings. The van der Waals surface area contributed by atoms with Crippen LogP contribution in [0.5, 0.6) is 17.2 Å². The van der Waals surface area contributed by atoms with Gasteiger partial charge in [0.25, 0.3) is 10.0 Å². The molecule has 0 amide bonds. The van der Waals surface area contributed by atoms with Gasteiger partial charge in [0.15, 0.2) is 17.3 Å². The molecule has 1 N–H and O–H groups in total. The summed E-state index contributed by atoms with van der Waals surface area (Å²) in [4.78, 5) is 8.48. The first kappa shape index (κ1) is 18.1. The highest BCUT2D eigenvalue weighted by molar-refractivity contribution is 7.92. The highest BCUT2D eigenvalue weighted by Gasteiger charge is 2.22. The standard InChI is InChI=1S/C19H17N3O5S/c1-25-14-4-2-3-13(11-14)18-19(21-8-7-20-18)22-28(23,24)15-5-6-16-17(12-15)27-10-9-26-16/h2-8,11-12H,9-10H2,1H3,(H,21,22). The Morgan fingerprint density at radius 2 is 1.79 bits per heavy atom. The summed E-state index contributed by atoms with van der Waals surface area (Å²) in [6, 6.07) is 11.6. The fraction of sp³-hybridized carbons (Fsp3) is 0.158. The zero-order valence-electron chi connectivity index (χ0n) is 15.0. The van der Waals surface area contributed by atoms with Gasteiger partial charge in [-0.1, -0.05) is 12.1 Å². The van der Waals surface area contributed by atoms with Gasteiger partial charge in [0.05, 0.1) is 12.0 Å². The SMILES string of the molecule is COc1cccc(-c2nccnc2NS(=O)(=O)c2ccc3c(c2)OCCO3)c1. The smallest absolute Gasteiger partial charge is 0.263 e. The fourth-order valence-electron chi connectivity index (χ4n) is 2.77. The summed E-state index contributed by atoms with van der Waals surface area (Å²) in [5.41, 5.74) is 1.06. The average molecular weight is 399 g/mol. The van der Waals surface area contributed by atoms with E-state index in [-0.39, 0.29) is 10.7 Å². The van der Waals surface area contributed by atoms with Crippen LogP contribution in [0.25, 0.3) is 11.3 Å². The molecule has 8 nitrogen and oxygen atoms in total. The van der Waals surface area contributed by atoms with Gasteiger partial charge in [-0.3, -0.25) is 9.71 Å². The highest BCUT2D eigenvalue weighted by Crippen LogP contribution is 2.33. The highest BCUT2D eigenvalue weighted by atomic mass is 32.2. The lowest BCUT2D eigenvalue weighted by atomic mass is 10.1. The maximum Gasteiger partial charge on any atom is 0.263 e. The molecule has 1 aliphatic heterocycles. The molecule has 4 rings (SSSR count). The molecule has 3 aromatic rings. The van der Waals surface area contributed by atoms with E-state index in [1.807, 2.05) is 0 Å². The van der Waals surface area contributed by atoms with Gasteiger partial charge in [-0.2, -0.15) is 0 Å². The van der Waals surface area contributed by atoms with E-state index in [1.54, 1.807) is 37.4 Å². The van der Waals surface area contributed by atoms with Crippen molar-refractivity contribution in [2.45, 2.75) is 4.90 Å². The summed E-state index contributed by atoms with van der Waals surface area (Å²) in [5, 5.41) is 0. The van der Waals surface area contributed by atoms with E-state index in [4.69, 9.17) is 14.2 Å². The zero-order chi connectivity index (χ0) is 19.6. The second-order valence-electron chi connectivity index (χ2n) is 5.90. The second kappa shape index (κ2) is 7.35. The molecule has 0 unspecified atom stereocenters. The maximum atomic E-state index is 12.9. The van der Waals surface area contributed by atoms with Gasteiger partial charge < -0.3 is 14.2 Å². The van der Waals surface area contributed by atoms with Crippen LogP contribution in [0.1, 0.15) is 0 Å². The molecule has 0 radical (unpaired) electrons. The summed E-state index contributed by atoms with van der Waals surface area (Å²) in [7, 11) is -2.36. The van der Waals surface area contributed by atoms with Crippen LogP contribution in [0, 0.1) is 0 Å². The summed E-state index contributed by atoms with van der Waals surface area (Å²) in [6.45, 7) is 0.801. The Morgan fingerprint density at radius 3 is 2.61 bits per heavy atom. The number of benzene rings is 2. The Kier molecular flexibility index (Phi) is 4.74. The minimum atomic E-state index is -3.91. The van der Waals surface area contributed by atoms with E-state index in [2.05, 4.69) is 14.7 Å². The quantitative estimate of drug-likeness (QED) is 0.704. The number of ether oxygens (including phenoxy) is 3. The predicted octanol–water partition coefficient (Wildman–Crippen LogP) is 2.72. The number of sulfonamides is 1. The Morgan fingerprint density at radius 1 is 1.00 bits per heavy atom. The summed E-state index contributed by atoms with van der Waals surface area (Å²) >= 11 is 0. The Balaban J connectivity index is 1.69. The van der Waals surface area contributed by atoms with Crippen LogP contribution in [0.15, 0.2) is 59.8 Å². The van der Waals surface area contributed by atoms with Crippen molar-refractivity contribution >= 4 is 15.8 Å². The van der Waals surface area contributed by atoms with Crippen molar-refractivity contribution in [1.82, 2.24) is 9.97 Å². The summed E-state index contributed by atoms with van der Waals surface area (Å²) in [5.74, 6) is 1.65. The zero-order valence-corrected chi connectivity index (χ0v) is 15.8. The molecule has 1 aromatic heterocycles. The van der Waals surface area contributed by atoms with E-state index in [9.17, 15) is 8.42 Å². The molecule has 0 atom stereocenters. The number of methoxy groups -OCH3 is 1. The summed E-state index contributed by atoms with van der Waals surface area (Å²) < 4.78 is 44.4. The Labute approximate surface area is 162 Å². The lowest BCUT2D eigenvalue weighted by Crippen LogP contribution is -2.18. The number of nitrogens with zero attached hydrogens (tertiary/aromatic N) is 2. The van der Waals surface area contributed by atoms with E-state index in [0.29, 0.717) is 41.7 Å². The van der Waals surface area contributed by atoms with Crippen LogP contribution in [-0.2, 0) is 10.0 Å². The first-order valence-corrected chi connectivity index (χ1v) is 9.93. The van der Waals surface area contributed by atoms with Gasteiger partial charge in [-0.15, -0.1) is 0 Å². The van der Waals surface area contributed by atoms with E-state index < -0.39 is 10.0 Å². The van der Waals surface area contributed by atoms with Crippen molar-refractivity contribution in [2.75, 3.05) is 25.0 Å². The molecule has 0 saturated carbocycles. The third kappa shape index (κ3) is 3.56. The molecule has 0 saturated heterocycles. The van der Waals surface area contributed by atoms with Gasteiger partial charge in [0, 0.05) is 24.0 Å². The van der Waals surface area contributed by atoms with Crippen LogP contribution >= 0.6 is 0 Å². The number of hydrogen-bond donors (Lipinski definition) is 1. The molecule has 0 bridgehead atoms. The normalized spacial score (nSPS) is 13.0. The van der Waals surface area contributed by atoms with Crippen LogP contribution in [0.3, 0.4) is 0 Å². The van der Waals surface area contributed by atoms with Gasteiger partial charge in [0.2, 0.25) is 0 Å². The maximum absolute atomic E-state index is 12.9. The summed E-state index contributed by atoms with van der Waals surface area (Å²) in [6.07, 6.45) is 2.92. The van der Waals surface area contributed by atoms with E-state index in [0.717, 1.165) is 0 Å². The van der Waals surface area contributed by atoms with Crippen LogP contribution in [-0.4, -0.2) is 38.7 Å². The van der Waals surface area contributed by atoms with Crippen molar-refractivity contribution in [3.63, 3.8) is 0 Å². The van der Waals surface area contributed by atoms with Crippen molar-refractivity contribution in [1.29, 1.82) is 0 Å². The van der Waals surface area contributed by atoms with Gasteiger partial charge >= 0.3 is 0 Å². The average Bonchev–Trinajstić information content (AvgIpc) is 2.73. The van der Waals surface area contributed by atoms with Crippen molar-refractivity contribution < 1.29 is 22.6 Å². The van der Waals surface area contributed by atoms with E-state index >= 15 is 0 Å². The monoisotopic (exact) mass is 399 g/mol. The number of aromatic nitrogens is 2. The largest absolute Gasteiger partial charge is 0.497 e. The number of rotatable bonds is 5. The van der Waals surface area contributed by atoms with Gasteiger partial charge in [-0.05, 0) is 24.3 Å². The molecule has 144 valence electrons.